The predicted molar refractivity (Wildman–Crippen MR) is 122 cm³/mol. The maximum absolute atomic E-state index is 6.14. The molecule has 2 N–H and O–H groups in total. The van der Waals surface area contributed by atoms with Crippen LogP contribution in [0.15, 0.2) is 30.3 Å². The molecule has 0 aliphatic rings. The summed E-state index contributed by atoms with van der Waals surface area (Å²) in [7, 11) is 0. The number of halogens is 1. The molecule has 0 radical (unpaired) electrons. The van der Waals surface area contributed by atoms with Gasteiger partial charge in [0.05, 0.1) is 0 Å². The van der Waals surface area contributed by atoms with Crippen LogP contribution in [0.4, 0.5) is 0 Å². The van der Waals surface area contributed by atoms with E-state index in [0.717, 1.165) is 12.2 Å². The fraction of sp³-hybridized carbons (Fsp3) is 0.750. The molecule has 1 unspecified atom stereocenters. The smallest absolute Gasteiger partial charge is 0.119 e. The molecule has 0 aliphatic heterocycles. The Morgan fingerprint density at radius 2 is 1.15 bits per heavy atom. The molecule has 1 aromatic carbocycles. The molecule has 1 rings (SSSR count). The Bertz CT molecular complexity index is 399. The summed E-state index contributed by atoms with van der Waals surface area (Å²) in [4.78, 5) is 0. The Kier molecular flexibility index (Phi) is 19.5. The van der Waals surface area contributed by atoms with E-state index in [0.29, 0.717) is 6.61 Å². The highest BCUT2D eigenvalue weighted by Crippen LogP contribution is 2.14. The van der Waals surface area contributed by atoms with E-state index >= 15 is 0 Å². The highest BCUT2D eigenvalue weighted by molar-refractivity contribution is 5.85. The zero-order valence-electron chi connectivity index (χ0n) is 17.7. The molecule has 0 saturated heterocycles. The van der Waals surface area contributed by atoms with Crippen LogP contribution in [0, 0.1) is 0 Å². The van der Waals surface area contributed by atoms with Gasteiger partial charge in [0.25, 0.3) is 0 Å². The highest BCUT2D eigenvalue weighted by Gasteiger charge is 2.03. The number of nitrogens with two attached hydrogens (primary N) is 1. The number of ether oxygens (including phenoxy) is 1. The number of unbranched alkanes of at least 4 members (excludes halogenated alkanes) is 13. The normalized spacial score (nSPS) is 11.8. The van der Waals surface area contributed by atoms with E-state index < -0.39 is 0 Å². The van der Waals surface area contributed by atoms with E-state index in [1.54, 1.807) is 0 Å². The molecular formula is C24H44ClNO. The highest BCUT2D eigenvalue weighted by atomic mass is 35.5. The van der Waals surface area contributed by atoms with Gasteiger partial charge in [-0.05, 0) is 18.6 Å². The summed E-state index contributed by atoms with van der Waals surface area (Å²) in [5, 5.41) is 0. The Balaban J connectivity index is 0.00000676. The van der Waals surface area contributed by atoms with Gasteiger partial charge in [-0.3, -0.25) is 0 Å². The summed E-state index contributed by atoms with van der Waals surface area (Å²) >= 11 is 0. The Hall–Kier alpha value is -0.730. The van der Waals surface area contributed by atoms with Crippen LogP contribution in [0.3, 0.4) is 0 Å². The van der Waals surface area contributed by atoms with Crippen LogP contribution in [-0.2, 0) is 0 Å². The van der Waals surface area contributed by atoms with Crippen molar-refractivity contribution in [3.63, 3.8) is 0 Å². The zero-order valence-corrected chi connectivity index (χ0v) is 18.5. The van der Waals surface area contributed by atoms with Crippen molar-refractivity contribution >= 4 is 12.4 Å². The van der Waals surface area contributed by atoms with Crippen LogP contribution in [0.1, 0.15) is 103 Å². The zero-order chi connectivity index (χ0) is 18.7. The molecule has 1 atom stereocenters. The van der Waals surface area contributed by atoms with Crippen molar-refractivity contribution in [1.29, 1.82) is 0 Å². The second kappa shape index (κ2) is 20.0. The van der Waals surface area contributed by atoms with Gasteiger partial charge in [-0.1, -0.05) is 115 Å². The quantitative estimate of drug-likeness (QED) is 0.257. The van der Waals surface area contributed by atoms with Crippen molar-refractivity contribution in [1.82, 2.24) is 0 Å². The van der Waals surface area contributed by atoms with Crippen LogP contribution in [-0.4, -0.2) is 12.6 Å². The fourth-order valence-corrected chi connectivity index (χ4v) is 3.40. The molecule has 0 fully saturated rings. The van der Waals surface area contributed by atoms with Crippen LogP contribution in [0.2, 0.25) is 0 Å². The average molecular weight is 398 g/mol. The minimum Gasteiger partial charge on any atom is -0.492 e. The molecular weight excluding hydrogens is 354 g/mol. The van der Waals surface area contributed by atoms with Crippen molar-refractivity contribution in [2.45, 2.75) is 109 Å². The minimum atomic E-state index is 0. The SMILES string of the molecule is CCCCCCCCCCCCCCCCC(N)COc1ccccc1.Cl. The summed E-state index contributed by atoms with van der Waals surface area (Å²) in [5.41, 5.74) is 6.14. The fourth-order valence-electron chi connectivity index (χ4n) is 3.40. The number of benzene rings is 1. The summed E-state index contributed by atoms with van der Waals surface area (Å²) in [6.45, 7) is 2.91. The van der Waals surface area contributed by atoms with Gasteiger partial charge in [-0.2, -0.15) is 0 Å². The first-order valence-corrected chi connectivity index (χ1v) is 11.3. The summed E-state index contributed by atoms with van der Waals surface area (Å²) in [6.07, 6.45) is 20.7. The lowest BCUT2D eigenvalue weighted by molar-refractivity contribution is 0.279. The first kappa shape index (κ1) is 26.3. The van der Waals surface area contributed by atoms with E-state index in [2.05, 4.69) is 6.92 Å². The monoisotopic (exact) mass is 397 g/mol. The molecule has 0 aliphatic carbocycles. The molecule has 0 aromatic heterocycles. The van der Waals surface area contributed by atoms with Gasteiger partial charge in [0.1, 0.15) is 12.4 Å². The number of rotatable bonds is 18. The van der Waals surface area contributed by atoms with E-state index in [-0.39, 0.29) is 18.4 Å². The van der Waals surface area contributed by atoms with Crippen LogP contribution in [0.5, 0.6) is 5.75 Å². The molecule has 27 heavy (non-hydrogen) atoms. The van der Waals surface area contributed by atoms with Crippen molar-refractivity contribution in [2.24, 2.45) is 5.73 Å². The Morgan fingerprint density at radius 1 is 0.704 bits per heavy atom. The van der Waals surface area contributed by atoms with Gasteiger partial charge in [0.15, 0.2) is 0 Å². The number of hydrogen-bond acceptors (Lipinski definition) is 2. The second-order valence-corrected chi connectivity index (χ2v) is 7.77. The second-order valence-electron chi connectivity index (χ2n) is 7.77. The lowest BCUT2D eigenvalue weighted by Crippen LogP contribution is -2.27. The largest absolute Gasteiger partial charge is 0.492 e. The van der Waals surface area contributed by atoms with Crippen LogP contribution in [0.25, 0.3) is 0 Å². The molecule has 3 heteroatoms. The van der Waals surface area contributed by atoms with Gasteiger partial charge < -0.3 is 10.5 Å². The van der Waals surface area contributed by atoms with Crippen molar-refractivity contribution in [3.05, 3.63) is 30.3 Å². The molecule has 0 saturated carbocycles. The summed E-state index contributed by atoms with van der Waals surface area (Å²) < 4.78 is 5.71. The Labute approximate surface area is 175 Å². The molecule has 0 bridgehead atoms. The Morgan fingerprint density at radius 3 is 1.63 bits per heavy atom. The number of para-hydroxylation sites is 1. The van der Waals surface area contributed by atoms with Crippen molar-refractivity contribution < 1.29 is 4.74 Å². The van der Waals surface area contributed by atoms with Gasteiger partial charge in [-0.15, -0.1) is 12.4 Å². The standard InChI is InChI=1S/C24H43NO.ClH/c1-2-3-4-5-6-7-8-9-10-11-12-13-14-16-19-23(25)22-26-24-20-17-15-18-21-24;/h15,17-18,20-21,23H,2-14,16,19,22,25H2,1H3;1H. The van der Waals surface area contributed by atoms with E-state index in [9.17, 15) is 0 Å². The first-order valence-electron chi connectivity index (χ1n) is 11.3. The lowest BCUT2D eigenvalue weighted by Gasteiger charge is -2.13. The van der Waals surface area contributed by atoms with Gasteiger partial charge >= 0.3 is 0 Å². The summed E-state index contributed by atoms with van der Waals surface area (Å²) in [6, 6.07) is 10.1. The van der Waals surface area contributed by atoms with Gasteiger partial charge in [0, 0.05) is 6.04 Å². The number of hydrogen-bond donors (Lipinski definition) is 1. The summed E-state index contributed by atoms with van der Waals surface area (Å²) in [5.74, 6) is 0.920. The predicted octanol–water partition coefficient (Wildman–Crippen LogP) is 7.69. The van der Waals surface area contributed by atoms with E-state index in [4.69, 9.17) is 10.5 Å². The van der Waals surface area contributed by atoms with Gasteiger partial charge in [0.2, 0.25) is 0 Å². The maximum Gasteiger partial charge on any atom is 0.119 e. The van der Waals surface area contributed by atoms with E-state index in [1.165, 1.54) is 89.9 Å². The van der Waals surface area contributed by atoms with Gasteiger partial charge in [-0.25, -0.2) is 0 Å². The molecule has 1 aromatic rings. The molecule has 2 nitrogen and oxygen atoms in total. The third-order valence-electron chi connectivity index (χ3n) is 5.14. The van der Waals surface area contributed by atoms with Crippen molar-refractivity contribution in [3.8, 4) is 5.75 Å². The first-order chi connectivity index (χ1) is 12.8. The molecule has 0 heterocycles. The maximum atomic E-state index is 6.14. The molecule has 0 spiro atoms. The third-order valence-corrected chi connectivity index (χ3v) is 5.14. The molecule has 0 amide bonds. The minimum absolute atomic E-state index is 0. The van der Waals surface area contributed by atoms with E-state index in [1.807, 2.05) is 30.3 Å². The topological polar surface area (TPSA) is 35.2 Å². The van der Waals surface area contributed by atoms with Crippen LogP contribution < -0.4 is 10.5 Å². The van der Waals surface area contributed by atoms with Crippen molar-refractivity contribution in [2.75, 3.05) is 6.61 Å². The lowest BCUT2D eigenvalue weighted by atomic mass is 10.0. The third kappa shape index (κ3) is 17.1. The van der Waals surface area contributed by atoms with Crippen LogP contribution >= 0.6 is 12.4 Å². The average Bonchev–Trinajstić information content (AvgIpc) is 2.67. The molecule has 158 valence electrons.